The molecule has 0 radical (unpaired) electrons. The second kappa shape index (κ2) is 7.79. The van der Waals surface area contributed by atoms with Gasteiger partial charge in [0.25, 0.3) is 5.91 Å². The Kier molecular flexibility index (Phi) is 5.06. The Hall–Kier alpha value is -3.10. The molecule has 8 heteroatoms. The summed E-state index contributed by atoms with van der Waals surface area (Å²) >= 11 is 0. The lowest BCUT2D eigenvalue weighted by Gasteiger charge is -2.24. The minimum atomic E-state index is -1.13. The molecule has 2 aliphatic rings. The third-order valence-electron chi connectivity index (χ3n) is 6.75. The lowest BCUT2D eigenvalue weighted by atomic mass is 9.93. The van der Waals surface area contributed by atoms with Gasteiger partial charge in [0.1, 0.15) is 11.8 Å². The molecule has 1 saturated carbocycles. The van der Waals surface area contributed by atoms with Crippen LogP contribution in [0, 0.1) is 19.8 Å². The maximum Gasteiger partial charge on any atom is 0.255 e. The number of hydrogen-bond donors (Lipinski definition) is 3. The van der Waals surface area contributed by atoms with E-state index in [0.29, 0.717) is 35.1 Å². The number of imidazole rings is 1. The van der Waals surface area contributed by atoms with Gasteiger partial charge in [0.15, 0.2) is 5.82 Å². The van der Waals surface area contributed by atoms with Gasteiger partial charge in [0.2, 0.25) is 0 Å². The zero-order valence-electron chi connectivity index (χ0n) is 18.5. The number of aromatic nitrogens is 4. The molecule has 166 valence electrons. The van der Waals surface area contributed by atoms with E-state index in [0.717, 1.165) is 40.9 Å². The van der Waals surface area contributed by atoms with Crippen molar-refractivity contribution in [2.24, 2.45) is 5.92 Å². The van der Waals surface area contributed by atoms with Crippen LogP contribution < -0.4 is 0 Å². The first kappa shape index (κ1) is 20.8. The van der Waals surface area contributed by atoms with Crippen LogP contribution in [0.3, 0.4) is 0 Å². The molecular weight excluding hydrogens is 406 g/mol. The Morgan fingerprint density at radius 2 is 2.00 bits per heavy atom. The van der Waals surface area contributed by atoms with Crippen molar-refractivity contribution in [2.45, 2.75) is 52.3 Å². The van der Waals surface area contributed by atoms with E-state index >= 15 is 0 Å². The highest BCUT2D eigenvalue weighted by atomic mass is 16.3. The average molecular weight is 434 g/mol. The van der Waals surface area contributed by atoms with Gasteiger partial charge in [0, 0.05) is 23.8 Å². The van der Waals surface area contributed by atoms with E-state index in [9.17, 15) is 15.0 Å². The summed E-state index contributed by atoms with van der Waals surface area (Å²) in [5.74, 6) is 1.13. The van der Waals surface area contributed by atoms with Gasteiger partial charge in [-0.25, -0.2) is 4.98 Å². The lowest BCUT2D eigenvalue weighted by molar-refractivity contribution is 0.0682. The van der Waals surface area contributed by atoms with Gasteiger partial charge in [-0.15, -0.1) is 5.10 Å². The number of aromatic amines is 1. The van der Waals surface area contributed by atoms with Crippen LogP contribution in [-0.2, 0) is 6.54 Å². The number of aliphatic hydroxyl groups excluding tert-OH is 2. The van der Waals surface area contributed by atoms with Crippen molar-refractivity contribution in [1.82, 2.24) is 25.1 Å². The molecule has 0 bridgehead atoms. The molecule has 1 fully saturated rings. The van der Waals surface area contributed by atoms with Crippen molar-refractivity contribution in [1.29, 1.82) is 0 Å². The monoisotopic (exact) mass is 433 g/mol. The first-order chi connectivity index (χ1) is 15.4. The standard InChI is InChI=1S/C24H27N5O3/c1-12-13(2)27-23(26-12)20-8-17(9-25-28-20)16-6-18-10-29(14(3)15-4-5-15)24(32)22(18)19(7-16)21(31)11-30/h6-9,14-15,21,30-31H,4-5,10-11H2,1-3H3,(H,26,27)/t14-,21?/m0/s1. The molecule has 1 aromatic carbocycles. The van der Waals surface area contributed by atoms with E-state index in [-0.39, 0.29) is 11.9 Å². The van der Waals surface area contributed by atoms with Crippen molar-refractivity contribution in [3.63, 3.8) is 0 Å². The average Bonchev–Trinajstić information content (AvgIpc) is 3.53. The summed E-state index contributed by atoms with van der Waals surface area (Å²) in [6.45, 7) is 6.04. The van der Waals surface area contributed by atoms with Crippen LogP contribution in [0.1, 0.15) is 58.7 Å². The highest BCUT2D eigenvalue weighted by Crippen LogP contribution is 2.41. The highest BCUT2D eigenvalue weighted by Gasteiger charge is 2.40. The summed E-state index contributed by atoms with van der Waals surface area (Å²) in [6, 6.07) is 5.82. The molecule has 1 aliphatic carbocycles. The Morgan fingerprint density at radius 3 is 2.66 bits per heavy atom. The minimum Gasteiger partial charge on any atom is -0.393 e. The van der Waals surface area contributed by atoms with Crippen LogP contribution >= 0.6 is 0 Å². The van der Waals surface area contributed by atoms with E-state index in [1.54, 1.807) is 12.3 Å². The van der Waals surface area contributed by atoms with Crippen molar-refractivity contribution in [3.8, 4) is 22.6 Å². The largest absolute Gasteiger partial charge is 0.393 e. The second-order valence-electron chi connectivity index (χ2n) is 8.93. The lowest BCUT2D eigenvalue weighted by Crippen LogP contribution is -2.35. The molecule has 5 rings (SSSR count). The molecule has 3 heterocycles. The molecule has 8 nitrogen and oxygen atoms in total. The molecular formula is C24H27N5O3. The summed E-state index contributed by atoms with van der Waals surface area (Å²) in [4.78, 5) is 22.9. The van der Waals surface area contributed by atoms with Crippen molar-refractivity contribution < 1.29 is 15.0 Å². The summed E-state index contributed by atoms with van der Waals surface area (Å²) in [7, 11) is 0. The topological polar surface area (TPSA) is 115 Å². The van der Waals surface area contributed by atoms with E-state index in [2.05, 4.69) is 27.1 Å². The van der Waals surface area contributed by atoms with Crippen molar-refractivity contribution >= 4 is 5.91 Å². The third kappa shape index (κ3) is 3.49. The fraction of sp³-hybridized carbons (Fsp3) is 0.417. The molecule has 1 aliphatic heterocycles. The molecule has 0 spiro atoms. The second-order valence-corrected chi connectivity index (χ2v) is 8.93. The number of aliphatic hydroxyl groups is 2. The first-order valence-electron chi connectivity index (χ1n) is 11.0. The van der Waals surface area contributed by atoms with E-state index in [1.807, 2.05) is 30.9 Å². The van der Waals surface area contributed by atoms with Gasteiger partial charge in [-0.2, -0.15) is 5.10 Å². The molecule has 1 unspecified atom stereocenters. The van der Waals surface area contributed by atoms with Crippen LogP contribution in [-0.4, -0.2) is 53.8 Å². The minimum absolute atomic E-state index is 0.0662. The number of H-pyrrole nitrogens is 1. The van der Waals surface area contributed by atoms with Crippen LogP contribution in [0.2, 0.25) is 0 Å². The number of aryl methyl sites for hydroxylation is 2. The number of benzene rings is 1. The van der Waals surface area contributed by atoms with Gasteiger partial charge in [-0.3, -0.25) is 4.79 Å². The van der Waals surface area contributed by atoms with Gasteiger partial charge >= 0.3 is 0 Å². The van der Waals surface area contributed by atoms with E-state index < -0.39 is 12.7 Å². The number of carbonyl (C=O) groups excluding carboxylic acids is 1. The number of carbonyl (C=O) groups is 1. The number of nitrogens with zero attached hydrogens (tertiary/aromatic N) is 4. The summed E-state index contributed by atoms with van der Waals surface area (Å²) in [5.41, 5.74) is 5.95. The molecule has 2 aromatic heterocycles. The normalized spacial score (nSPS) is 17.5. The van der Waals surface area contributed by atoms with Gasteiger partial charge in [-0.05, 0) is 74.4 Å². The smallest absolute Gasteiger partial charge is 0.255 e. The third-order valence-corrected chi connectivity index (χ3v) is 6.75. The van der Waals surface area contributed by atoms with Gasteiger partial charge in [-0.1, -0.05) is 0 Å². The zero-order chi connectivity index (χ0) is 22.6. The molecule has 1 amide bonds. The van der Waals surface area contributed by atoms with Crippen LogP contribution in [0.4, 0.5) is 0 Å². The number of nitrogens with one attached hydrogen (secondary N) is 1. The molecule has 3 aromatic rings. The fourth-order valence-electron chi connectivity index (χ4n) is 4.51. The number of rotatable bonds is 6. The summed E-state index contributed by atoms with van der Waals surface area (Å²) in [6.07, 6.45) is 2.82. The Morgan fingerprint density at radius 1 is 1.22 bits per heavy atom. The molecule has 2 atom stereocenters. The van der Waals surface area contributed by atoms with Crippen LogP contribution in [0.15, 0.2) is 24.4 Å². The number of amides is 1. The van der Waals surface area contributed by atoms with Crippen LogP contribution in [0.5, 0.6) is 0 Å². The molecule has 0 saturated heterocycles. The predicted molar refractivity (Wildman–Crippen MR) is 119 cm³/mol. The predicted octanol–water partition coefficient (Wildman–Crippen LogP) is 2.93. The van der Waals surface area contributed by atoms with Crippen molar-refractivity contribution in [3.05, 3.63) is 52.5 Å². The summed E-state index contributed by atoms with van der Waals surface area (Å²) < 4.78 is 0. The fourth-order valence-corrected chi connectivity index (χ4v) is 4.51. The molecule has 3 N–H and O–H groups in total. The number of fused-ring (bicyclic) bond motifs is 1. The maximum atomic E-state index is 13.2. The highest BCUT2D eigenvalue weighted by molar-refractivity contribution is 6.01. The summed E-state index contributed by atoms with van der Waals surface area (Å²) in [5, 5.41) is 28.6. The van der Waals surface area contributed by atoms with Gasteiger partial charge in [0.05, 0.1) is 24.1 Å². The Balaban J connectivity index is 1.57. The van der Waals surface area contributed by atoms with Gasteiger partial charge < -0.3 is 20.1 Å². The van der Waals surface area contributed by atoms with E-state index in [4.69, 9.17) is 0 Å². The van der Waals surface area contributed by atoms with E-state index in [1.165, 1.54) is 0 Å². The Bertz CT molecular complexity index is 1180. The zero-order valence-corrected chi connectivity index (χ0v) is 18.5. The SMILES string of the molecule is Cc1nc(-c2cc(-c3cc4c(c(C(O)CO)c3)C(=O)N([C@@H](C)C3CC3)C4)cnn2)[nH]c1C. The Labute approximate surface area is 186 Å². The van der Waals surface area contributed by atoms with Crippen molar-refractivity contribution in [2.75, 3.05) is 6.61 Å². The van der Waals surface area contributed by atoms with Crippen LogP contribution in [0.25, 0.3) is 22.6 Å². The molecule has 32 heavy (non-hydrogen) atoms. The number of hydrogen-bond acceptors (Lipinski definition) is 6. The quantitative estimate of drug-likeness (QED) is 0.551. The first-order valence-corrected chi connectivity index (χ1v) is 11.0. The maximum absolute atomic E-state index is 13.2.